The zero-order valence-electron chi connectivity index (χ0n) is 11.3. The van der Waals surface area contributed by atoms with Gasteiger partial charge in [-0.1, -0.05) is 6.92 Å². The first kappa shape index (κ1) is 14.5. The van der Waals surface area contributed by atoms with Gasteiger partial charge in [0.15, 0.2) is 0 Å². The molecule has 0 amide bonds. The van der Waals surface area contributed by atoms with Crippen LogP contribution >= 0.6 is 15.9 Å². The van der Waals surface area contributed by atoms with Crippen molar-refractivity contribution < 1.29 is 0 Å². The molecule has 0 bridgehead atoms. The molecular formula is C13H21BrN4O. The number of hydrogen-bond donors (Lipinski definition) is 1. The summed E-state index contributed by atoms with van der Waals surface area (Å²) >= 11 is 3.43. The van der Waals surface area contributed by atoms with Crippen LogP contribution < -0.4 is 16.2 Å². The van der Waals surface area contributed by atoms with Crippen molar-refractivity contribution >= 4 is 21.6 Å². The Bertz CT molecular complexity index is 488. The molecule has 1 aromatic heterocycles. The van der Waals surface area contributed by atoms with Crippen molar-refractivity contribution in [1.82, 2.24) is 9.78 Å². The van der Waals surface area contributed by atoms with E-state index in [-0.39, 0.29) is 5.56 Å². The molecular weight excluding hydrogens is 308 g/mol. The number of nitrogens with zero attached hydrogens (tertiary/aromatic N) is 3. The van der Waals surface area contributed by atoms with Gasteiger partial charge in [-0.25, -0.2) is 4.68 Å². The van der Waals surface area contributed by atoms with Crippen molar-refractivity contribution in [3.05, 3.63) is 21.0 Å². The monoisotopic (exact) mass is 328 g/mol. The smallest absolute Gasteiger partial charge is 0.283 e. The first-order chi connectivity index (χ1) is 9.17. The second-order valence-corrected chi connectivity index (χ2v) is 5.86. The minimum Gasteiger partial charge on any atom is -0.369 e. The lowest BCUT2D eigenvalue weighted by atomic mass is 9.98. The highest BCUT2D eigenvalue weighted by Crippen LogP contribution is 2.26. The minimum absolute atomic E-state index is 0.0470. The summed E-state index contributed by atoms with van der Waals surface area (Å²) < 4.78 is 2.13. The van der Waals surface area contributed by atoms with Gasteiger partial charge in [0.1, 0.15) is 4.47 Å². The summed E-state index contributed by atoms with van der Waals surface area (Å²) in [6.07, 6.45) is 4.98. The van der Waals surface area contributed by atoms with Crippen LogP contribution in [0.25, 0.3) is 0 Å². The van der Waals surface area contributed by atoms with Crippen LogP contribution in [0.3, 0.4) is 0 Å². The fraction of sp³-hybridized carbons (Fsp3) is 0.692. The summed E-state index contributed by atoms with van der Waals surface area (Å²) in [6, 6.07) is 0. The van der Waals surface area contributed by atoms with Gasteiger partial charge in [0.2, 0.25) is 0 Å². The van der Waals surface area contributed by atoms with E-state index in [1.807, 2.05) is 6.92 Å². The Kier molecular flexibility index (Phi) is 4.99. The van der Waals surface area contributed by atoms with Crippen molar-refractivity contribution in [1.29, 1.82) is 0 Å². The van der Waals surface area contributed by atoms with E-state index in [1.54, 1.807) is 6.20 Å². The normalized spacial score (nSPS) is 19.7. The molecule has 0 aliphatic carbocycles. The highest BCUT2D eigenvalue weighted by molar-refractivity contribution is 9.10. The largest absolute Gasteiger partial charge is 0.369 e. The van der Waals surface area contributed by atoms with Crippen molar-refractivity contribution in [3.8, 4) is 0 Å². The molecule has 1 aromatic rings. The fourth-order valence-corrected chi connectivity index (χ4v) is 3.08. The third kappa shape index (κ3) is 3.17. The third-order valence-corrected chi connectivity index (χ3v) is 4.34. The average Bonchev–Trinajstić information content (AvgIpc) is 2.44. The van der Waals surface area contributed by atoms with Gasteiger partial charge in [-0.3, -0.25) is 4.79 Å². The molecule has 1 aliphatic rings. The van der Waals surface area contributed by atoms with Crippen LogP contribution in [0.5, 0.6) is 0 Å². The van der Waals surface area contributed by atoms with Gasteiger partial charge in [-0.15, -0.1) is 0 Å². The Morgan fingerprint density at radius 3 is 3.05 bits per heavy atom. The average molecular weight is 329 g/mol. The van der Waals surface area contributed by atoms with E-state index in [0.29, 0.717) is 23.5 Å². The van der Waals surface area contributed by atoms with Crippen molar-refractivity contribution in [2.75, 3.05) is 24.5 Å². The molecule has 1 aliphatic heterocycles. The standard InChI is InChI=1S/C13H21BrN4O/c1-2-5-18-13(19)12(14)11(8-16-18)17-6-3-4-10(7-15)9-17/h8,10H,2-7,9,15H2,1H3. The molecule has 0 spiro atoms. The fourth-order valence-electron chi connectivity index (χ4n) is 2.52. The van der Waals surface area contributed by atoms with E-state index in [1.165, 1.54) is 11.1 Å². The molecule has 2 N–H and O–H groups in total. The topological polar surface area (TPSA) is 64.2 Å². The first-order valence-corrected chi connectivity index (χ1v) is 7.67. The maximum atomic E-state index is 12.2. The molecule has 1 atom stereocenters. The summed E-state index contributed by atoms with van der Waals surface area (Å²) in [5.74, 6) is 0.513. The number of halogens is 1. The highest BCUT2D eigenvalue weighted by atomic mass is 79.9. The number of hydrogen-bond acceptors (Lipinski definition) is 4. The second-order valence-electron chi connectivity index (χ2n) is 5.06. The van der Waals surface area contributed by atoms with Gasteiger partial charge in [0.25, 0.3) is 5.56 Å². The van der Waals surface area contributed by atoms with Crippen molar-refractivity contribution in [2.45, 2.75) is 32.7 Å². The van der Waals surface area contributed by atoms with Crippen LogP contribution in [0.2, 0.25) is 0 Å². The summed E-state index contributed by atoms with van der Waals surface area (Å²) in [7, 11) is 0. The highest BCUT2D eigenvalue weighted by Gasteiger charge is 2.22. The molecule has 1 unspecified atom stereocenters. The number of anilines is 1. The molecule has 6 heteroatoms. The lowest BCUT2D eigenvalue weighted by Gasteiger charge is -2.34. The van der Waals surface area contributed by atoms with Crippen LogP contribution in [-0.4, -0.2) is 29.4 Å². The lowest BCUT2D eigenvalue weighted by Crippen LogP contribution is -2.39. The molecule has 1 fully saturated rings. The Balaban J connectivity index is 2.25. The van der Waals surface area contributed by atoms with E-state index >= 15 is 0 Å². The third-order valence-electron chi connectivity index (χ3n) is 3.59. The van der Waals surface area contributed by atoms with Crippen LogP contribution in [-0.2, 0) is 6.54 Å². The maximum Gasteiger partial charge on any atom is 0.283 e. The van der Waals surface area contributed by atoms with Gasteiger partial charge in [0, 0.05) is 19.6 Å². The predicted octanol–water partition coefficient (Wildman–Crippen LogP) is 1.59. The molecule has 2 rings (SSSR count). The van der Waals surface area contributed by atoms with Crippen LogP contribution in [0, 0.1) is 5.92 Å². The molecule has 0 saturated carbocycles. The van der Waals surface area contributed by atoms with Gasteiger partial charge < -0.3 is 10.6 Å². The molecule has 0 aromatic carbocycles. The first-order valence-electron chi connectivity index (χ1n) is 6.88. The maximum absolute atomic E-state index is 12.2. The Morgan fingerprint density at radius 2 is 2.37 bits per heavy atom. The summed E-state index contributed by atoms with van der Waals surface area (Å²) in [5.41, 5.74) is 6.61. The summed E-state index contributed by atoms with van der Waals surface area (Å²) in [5, 5.41) is 4.26. The van der Waals surface area contributed by atoms with Gasteiger partial charge >= 0.3 is 0 Å². The zero-order valence-corrected chi connectivity index (χ0v) is 12.9. The Morgan fingerprint density at radius 1 is 1.58 bits per heavy atom. The second kappa shape index (κ2) is 6.52. The van der Waals surface area contributed by atoms with Gasteiger partial charge in [-0.2, -0.15) is 5.10 Å². The Labute approximate surface area is 121 Å². The minimum atomic E-state index is -0.0470. The van der Waals surface area contributed by atoms with Crippen LogP contribution in [0.15, 0.2) is 15.5 Å². The van der Waals surface area contributed by atoms with Gasteiger partial charge in [0.05, 0.1) is 11.9 Å². The number of nitrogens with two attached hydrogens (primary N) is 1. The van der Waals surface area contributed by atoms with E-state index in [2.05, 4.69) is 25.9 Å². The molecule has 19 heavy (non-hydrogen) atoms. The summed E-state index contributed by atoms with van der Waals surface area (Å²) in [4.78, 5) is 14.4. The van der Waals surface area contributed by atoms with E-state index < -0.39 is 0 Å². The number of rotatable bonds is 4. The lowest BCUT2D eigenvalue weighted by molar-refractivity contribution is 0.422. The van der Waals surface area contributed by atoms with Gasteiger partial charge in [-0.05, 0) is 47.7 Å². The number of aromatic nitrogens is 2. The summed E-state index contributed by atoms with van der Waals surface area (Å²) in [6.45, 7) is 5.27. The molecule has 1 saturated heterocycles. The Hall–Kier alpha value is -0.880. The van der Waals surface area contributed by atoms with E-state index in [0.717, 1.165) is 31.6 Å². The van der Waals surface area contributed by atoms with E-state index in [4.69, 9.17) is 5.73 Å². The number of aryl methyl sites for hydroxylation is 1. The molecule has 106 valence electrons. The zero-order chi connectivity index (χ0) is 13.8. The van der Waals surface area contributed by atoms with Crippen LogP contribution in [0.4, 0.5) is 5.69 Å². The van der Waals surface area contributed by atoms with Crippen LogP contribution in [0.1, 0.15) is 26.2 Å². The SMILES string of the molecule is CCCn1ncc(N2CCCC(CN)C2)c(Br)c1=O. The molecule has 2 heterocycles. The van der Waals surface area contributed by atoms with E-state index in [9.17, 15) is 4.79 Å². The number of piperidine rings is 1. The quantitative estimate of drug-likeness (QED) is 0.911. The predicted molar refractivity (Wildman–Crippen MR) is 80.5 cm³/mol. The molecule has 0 radical (unpaired) electrons. The molecule has 5 nitrogen and oxygen atoms in total. The van der Waals surface area contributed by atoms with Crippen molar-refractivity contribution in [3.63, 3.8) is 0 Å². The van der Waals surface area contributed by atoms with Crippen molar-refractivity contribution in [2.24, 2.45) is 11.7 Å².